The van der Waals surface area contributed by atoms with E-state index in [1.807, 2.05) is 30.3 Å². The van der Waals surface area contributed by atoms with Crippen LogP contribution in [0.25, 0.3) is 0 Å². The number of unbranched alkanes of at least 4 members (excludes halogenated alkanes) is 1. The molecule has 2 amide bonds. The van der Waals surface area contributed by atoms with Crippen LogP contribution in [0.2, 0.25) is 0 Å². The molecule has 1 aromatic carbocycles. The summed E-state index contributed by atoms with van der Waals surface area (Å²) < 4.78 is 0. The maximum absolute atomic E-state index is 12.4. The minimum atomic E-state index is -0.264. The molecule has 1 saturated heterocycles. The van der Waals surface area contributed by atoms with Gasteiger partial charge in [0.1, 0.15) is 6.04 Å². The molecule has 1 fully saturated rings. The van der Waals surface area contributed by atoms with Crippen molar-refractivity contribution in [2.45, 2.75) is 51.5 Å². The maximum atomic E-state index is 12.4. The van der Waals surface area contributed by atoms with Crippen LogP contribution in [0.1, 0.15) is 44.6 Å². The van der Waals surface area contributed by atoms with Gasteiger partial charge in [-0.05, 0) is 31.2 Å². The number of carbonyl (C=O) groups is 2. The van der Waals surface area contributed by atoms with Crippen molar-refractivity contribution in [2.24, 2.45) is 0 Å². The van der Waals surface area contributed by atoms with Gasteiger partial charge in [-0.25, -0.2) is 0 Å². The van der Waals surface area contributed by atoms with Gasteiger partial charge >= 0.3 is 0 Å². The molecule has 4 nitrogen and oxygen atoms in total. The van der Waals surface area contributed by atoms with Gasteiger partial charge in [-0.3, -0.25) is 9.59 Å². The van der Waals surface area contributed by atoms with E-state index in [4.69, 9.17) is 0 Å². The SMILES string of the molecule is CCCCNC(=O)[C@@H]1CCCN1C(=O)CCc1ccccc1. The Bertz CT molecular complexity index is 487. The minimum absolute atomic E-state index is 0.0130. The molecule has 4 heteroatoms. The zero-order chi connectivity index (χ0) is 15.8. The third-order valence-electron chi connectivity index (χ3n) is 4.18. The number of aryl methyl sites for hydroxylation is 1. The van der Waals surface area contributed by atoms with Gasteiger partial charge in [-0.1, -0.05) is 43.7 Å². The molecule has 0 aromatic heterocycles. The smallest absolute Gasteiger partial charge is 0.242 e. The second-order valence-electron chi connectivity index (χ2n) is 5.88. The minimum Gasteiger partial charge on any atom is -0.354 e. The standard InChI is InChI=1S/C18H26N2O2/c1-2-3-13-19-18(22)16-10-7-14-20(16)17(21)12-11-15-8-5-4-6-9-15/h4-6,8-9,16H,2-3,7,10-14H2,1H3,(H,19,22)/t16-/m0/s1. The first kappa shape index (κ1) is 16.5. The predicted molar refractivity (Wildman–Crippen MR) is 87.4 cm³/mol. The number of nitrogens with one attached hydrogen (secondary N) is 1. The van der Waals surface area contributed by atoms with E-state index >= 15 is 0 Å². The van der Waals surface area contributed by atoms with E-state index < -0.39 is 0 Å². The number of likely N-dealkylation sites (tertiary alicyclic amines) is 1. The zero-order valence-corrected chi connectivity index (χ0v) is 13.4. The lowest BCUT2D eigenvalue weighted by atomic mass is 10.1. The molecule has 1 aliphatic heterocycles. The van der Waals surface area contributed by atoms with Crippen LogP contribution in [-0.2, 0) is 16.0 Å². The lowest BCUT2D eigenvalue weighted by Gasteiger charge is -2.24. The highest BCUT2D eigenvalue weighted by Gasteiger charge is 2.33. The Hall–Kier alpha value is -1.84. The van der Waals surface area contributed by atoms with Crippen molar-refractivity contribution in [3.8, 4) is 0 Å². The molecule has 0 radical (unpaired) electrons. The molecule has 22 heavy (non-hydrogen) atoms. The summed E-state index contributed by atoms with van der Waals surface area (Å²) in [5, 5.41) is 2.95. The molecule has 120 valence electrons. The summed E-state index contributed by atoms with van der Waals surface area (Å²) in [7, 11) is 0. The number of hydrogen-bond donors (Lipinski definition) is 1. The molecule has 1 atom stereocenters. The summed E-state index contributed by atoms with van der Waals surface area (Å²) in [4.78, 5) is 26.4. The van der Waals surface area contributed by atoms with Gasteiger partial charge in [-0.15, -0.1) is 0 Å². The van der Waals surface area contributed by atoms with Crippen molar-refractivity contribution in [3.63, 3.8) is 0 Å². The van der Waals surface area contributed by atoms with E-state index in [0.29, 0.717) is 19.5 Å². The summed E-state index contributed by atoms with van der Waals surface area (Å²) >= 11 is 0. The molecule has 0 unspecified atom stereocenters. The molecule has 2 rings (SSSR count). The number of hydrogen-bond acceptors (Lipinski definition) is 2. The van der Waals surface area contributed by atoms with Crippen LogP contribution in [0.15, 0.2) is 30.3 Å². The fourth-order valence-corrected chi connectivity index (χ4v) is 2.88. The molecular weight excluding hydrogens is 276 g/mol. The predicted octanol–water partition coefficient (Wildman–Crippen LogP) is 2.53. The van der Waals surface area contributed by atoms with Crippen molar-refractivity contribution in [2.75, 3.05) is 13.1 Å². The summed E-state index contributed by atoms with van der Waals surface area (Å²) in [5.41, 5.74) is 1.17. The van der Waals surface area contributed by atoms with Gasteiger partial charge in [0.05, 0.1) is 0 Å². The number of carbonyl (C=O) groups excluding carboxylic acids is 2. The highest BCUT2D eigenvalue weighted by Crippen LogP contribution is 2.19. The number of benzene rings is 1. The molecule has 1 aromatic rings. The summed E-state index contributed by atoms with van der Waals surface area (Å²) in [6.45, 7) is 3.51. The fourth-order valence-electron chi connectivity index (χ4n) is 2.88. The number of amides is 2. The highest BCUT2D eigenvalue weighted by molar-refractivity contribution is 5.88. The molecule has 0 spiro atoms. The van der Waals surface area contributed by atoms with E-state index in [2.05, 4.69) is 12.2 Å². The van der Waals surface area contributed by atoms with Crippen molar-refractivity contribution >= 4 is 11.8 Å². The summed E-state index contributed by atoms with van der Waals surface area (Å²) in [6.07, 6.45) is 4.96. The van der Waals surface area contributed by atoms with E-state index in [9.17, 15) is 9.59 Å². The number of rotatable bonds is 7. The van der Waals surface area contributed by atoms with Gasteiger partial charge in [0.15, 0.2) is 0 Å². The van der Waals surface area contributed by atoms with Gasteiger partial charge < -0.3 is 10.2 Å². The van der Waals surface area contributed by atoms with Crippen LogP contribution in [-0.4, -0.2) is 35.8 Å². The van der Waals surface area contributed by atoms with Gasteiger partial charge in [-0.2, -0.15) is 0 Å². The Labute approximate surface area is 132 Å². The van der Waals surface area contributed by atoms with Crippen molar-refractivity contribution in [3.05, 3.63) is 35.9 Å². The second kappa shape index (κ2) is 8.57. The molecule has 1 heterocycles. The van der Waals surface area contributed by atoms with Crippen molar-refractivity contribution in [1.82, 2.24) is 10.2 Å². The van der Waals surface area contributed by atoms with Crippen molar-refractivity contribution in [1.29, 1.82) is 0 Å². The van der Waals surface area contributed by atoms with E-state index in [1.54, 1.807) is 4.90 Å². The summed E-state index contributed by atoms with van der Waals surface area (Å²) in [6, 6.07) is 9.75. The highest BCUT2D eigenvalue weighted by atomic mass is 16.2. The maximum Gasteiger partial charge on any atom is 0.242 e. The zero-order valence-electron chi connectivity index (χ0n) is 13.4. The Balaban J connectivity index is 1.84. The summed E-state index contributed by atoms with van der Waals surface area (Å²) in [5.74, 6) is 0.107. The van der Waals surface area contributed by atoms with Gasteiger partial charge in [0.2, 0.25) is 11.8 Å². The lowest BCUT2D eigenvalue weighted by Crippen LogP contribution is -2.46. The fraction of sp³-hybridized carbons (Fsp3) is 0.556. The average Bonchev–Trinajstić information content (AvgIpc) is 3.03. The Kier molecular flexibility index (Phi) is 6.44. The number of nitrogens with zero attached hydrogens (tertiary/aromatic N) is 1. The Morgan fingerprint density at radius 3 is 2.77 bits per heavy atom. The Morgan fingerprint density at radius 1 is 1.27 bits per heavy atom. The molecule has 0 saturated carbocycles. The first-order chi connectivity index (χ1) is 10.7. The third kappa shape index (κ3) is 4.58. The van der Waals surface area contributed by atoms with Crippen LogP contribution in [0.5, 0.6) is 0 Å². The van der Waals surface area contributed by atoms with E-state index in [-0.39, 0.29) is 17.9 Å². The molecule has 1 aliphatic rings. The first-order valence-corrected chi connectivity index (χ1v) is 8.33. The monoisotopic (exact) mass is 302 g/mol. The Morgan fingerprint density at radius 2 is 2.05 bits per heavy atom. The molecular formula is C18H26N2O2. The second-order valence-corrected chi connectivity index (χ2v) is 5.88. The lowest BCUT2D eigenvalue weighted by molar-refractivity contribution is -0.138. The average molecular weight is 302 g/mol. The van der Waals surface area contributed by atoms with Crippen molar-refractivity contribution < 1.29 is 9.59 Å². The van der Waals surface area contributed by atoms with E-state index in [1.165, 1.54) is 5.56 Å². The van der Waals surface area contributed by atoms with Gasteiger partial charge in [0, 0.05) is 19.5 Å². The third-order valence-corrected chi connectivity index (χ3v) is 4.18. The van der Waals surface area contributed by atoms with Crippen LogP contribution in [0, 0.1) is 0 Å². The first-order valence-electron chi connectivity index (χ1n) is 8.33. The largest absolute Gasteiger partial charge is 0.354 e. The molecule has 0 aliphatic carbocycles. The van der Waals surface area contributed by atoms with Gasteiger partial charge in [0.25, 0.3) is 0 Å². The van der Waals surface area contributed by atoms with E-state index in [0.717, 1.165) is 32.1 Å². The van der Waals surface area contributed by atoms with Crippen LogP contribution in [0.3, 0.4) is 0 Å². The normalized spacial score (nSPS) is 17.5. The topological polar surface area (TPSA) is 49.4 Å². The quantitative estimate of drug-likeness (QED) is 0.787. The van der Waals surface area contributed by atoms with Crippen LogP contribution in [0.4, 0.5) is 0 Å². The molecule has 1 N–H and O–H groups in total. The molecule has 0 bridgehead atoms. The van der Waals surface area contributed by atoms with Crippen LogP contribution >= 0.6 is 0 Å². The van der Waals surface area contributed by atoms with Crippen LogP contribution < -0.4 is 5.32 Å².